The van der Waals surface area contributed by atoms with Crippen molar-refractivity contribution in [2.24, 2.45) is 0 Å². The molecule has 0 bridgehead atoms. The second kappa shape index (κ2) is 11.0. The molecule has 0 unspecified atom stereocenters. The van der Waals surface area contributed by atoms with E-state index in [-0.39, 0.29) is 12.5 Å². The zero-order valence-corrected chi connectivity index (χ0v) is 18.3. The summed E-state index contributed by atoms with van der Waals surface area (Å²) < 4.78 is 11.0. The van der Waals surface area contributed by atoms with Gasteiger partial charge in [0.05, 0.1) is 7.11 Å². The average molecular weight is 412 g/mol. The van der Waals surface area contributed by atoms with Crippen LogP contribution in [0.4, 0.5) is 0 Å². The number of amides is 1. The van der Waals surface area contributed by atoms with Gasteiger partial charge in [0, 0.05) is 39.3 Å². The summed E-state index contributed by atoms with van der Waals surface area (Å²) in [5.74, 6) is 1.06. The molecular weight excluding hydrogens is 378 g/mol. The molecule has 0 radical (unpaired) electrons. The van der Waals surface area contributed by atoms with E-state index in [1.807, 2.05) is 31.2 Å². The standard InChI is InChI=1S/C24H33N3O3/c1-4-26-11-13-27(14-12-26)17-21-8-6-5-7-20(21)16-25-24(28)18-30-22-10-9-19(2)15-23(22)29-3/h5-10,15H,4,11-14,16-18H2,1-3H3,(H,25,28). The van der Waals surface area contributed by atoms with Gasteiger partial charge in [0.15, 0.2) is 18.1 Å². The first-order valence-corrected chi connectivity index (χ1v) is 10.6. The molecule has 0 aromatic heterocycles. The number of rotatable bonds is 9. The molecular formula is C24H33N3O3. The van der Waals surface area contributed by atoms with Crippen LogP contribution in [0.3, 0.4) is 0 Å². The van der Waals surface area contributed by atoms with Crippen LogP contribution in [0.25, 0.3) is 0 Å². The SMILES string of the molecule is CCN1CCN(Cc2ccccc2CNC(=O)COc2ccc(C)cc2OC)CC1. The van der Waals surface area contributed by atoms with Gasteiger partial charge in [0.2, 0.25) is 0 Å². The lowest BCUT2D eigenvalue weighted by atomic mass is 10.1. The zero-order valence-electron chi connectivity index (χ0n) is 18.3. The van der Waals surface area contributed by atoms with Crippen molar-refractivity contribution in [2.75, 3.05) is 46.4 Å². The normalized spacial score (nSPS) is 15.0. The van der Waals surface area contributed by atoms with Gasteiger partial charge < -0.3 is 19.7 Å². The summed E-state index contributed by atoms with van der Waals surface area (Å²) in [6, 6.07) is 14.0. The molecule has 2 aromatic rings. The Morgan fingerprint density at radius 1 is 1.00 bits per heavy atom. The summed E-state index contributed by atoms with van der Waals surface area (Å²) in [5, 5.41) is 2.98. The number of likely N-dealkylation sites (N-methyl/N-ethyl adjacent to an activating group) is 1. The third-order valence-electron chi connectivity index (χ3n) is 5.58. The Bertz CT molecular complexity index is 832. The molecule has 1 fully saturated rings. The Morgan fingerprint density at radius 3 is 2.40 bits per heavy atom. The maximum atomic E-state index is 12.3. The summed E-state index contributed by atoms with van der Waals surface area (Å²) in [7, 11) is 1.60. The van der Waals surface area contributed by atoms with Crippen molar-refractivity contribution >= 4 is 5.91 Å². The lowest BCUT2D eigenvalue weighted by Gasteiger charge is -2.34. The summed E-state index contributed by atoms with van der Waals surface area (Å²) in [5.41, 5.74) is 3.50. The van der Waals surface area contributed by atoms with E-state index >= 15 is 0 Å². The predicted molar refractivity (Wildman–Crippen MR) is 119 cm³/mol. The first-order chi connectivity index (χ1) is 14.6. The van der Waals surface area contributed by atoms with Crippen LogP contribution in [0.15, 0.2) is 42.5 Å². The third kappa shape index (κ3) is 6.21. The van der Waals surface area contributed by atoms with E-state index in [0.717, 1.165) is 50.4 Å². The van der Waals surface area contributed by atoms with Gasteiger partial charge in [-0.05, 0) is 42.3 Å². The van der Waals surface area contributed by atoms with E-state index in [1.165, 1.54) is 5.56 Å². The van der Waals surface area contributed by atoms with Crippen LogP contribution in [-0.4, -0.2) is 62.1 Å². The molecule has 0 spiro atoms. The summed E-state index contributed by atoms with van der Waals surface area (Å²) in [6.45, 7) is 11.1. The molecule has 1 heterocycles. The van der Waals surface area contributed by atoms with Crippen LogP contribution in [0.5, 0.6) is 11.5 Å². The Hall–Kier alpha value is -2.57. The first-order valence-electron chi connectivity index (χ1n) is 10.6. The Labute approximate surface area is 179 Å². The highest BCUT2D eigenvalue weighted by Crippen LogP contribution is 2.27. The van der Waals surface area contributed by atoms with E-state index < -0.39 is 0 Å². The molecule has 6 heteroatoms. The highest BCUT2D eigenvalue weighted by molar-refractivity contribution is 5.77. The Balaban J connectivity index is 1.50. The first kappa shape index (κ1) is 22.1. The van der Waals surface area contributed by atoms with Crippen molar-refractivity contribution in [2.45, 2.75) is 26.9 Å². The van der Waals surface area contributed by atoms with Crippen molar-refractivity contribution in [3.63, 3.8) is 0 Å². The van der Waals surface area contributed by atoms with E-state index in [1.54, 1.807) is 7.11 Å². The van der Waals surface area contributed by atoms with Crippen molar-refractivity contribution in [1.29, 1.82) is 0 Å². The van der Waals surface area contributed by atoms with Gasteiger partial charge in [-0.15, -0.1) is 0 Å². The second-order valence-corrected chi connectivity index (χ2v) is 7.70. The zero-order chi connectivity index (χ0) is 21.3. The van der Waals surface area contributed by atoms with Gasteiger partial charge in [-0.2, -0.15) is 0 Å². The quantitative estimate of drug-likeness (QED) is 0.688. The van der Waals surface area contributed by atoms with Crippen LogP contribution in [-0.2, 0) is 17.9 Å². The molecule has 1 saturated heterocycles. The van der Waals surface area contributed by atoms with E-state index in [4.69, 9.17) is 9.47 Å². The van der Waals surface area contributed by atoms with Gasteiger partial charge in [-0.1, -0.05) is 37.3 Å². The minimum Gasteiger partial charge on any atom is -0.493 e. The van der Waals surface area contributed by atoms with Crippen molar-refractivity contribution in [3.8, 4) is 11.5 Å². The van der Waals surface area contributed by atoms with Gasteiger partial charge in [0.25, 0.3) is 5.91 Å². The number of benzene rings is 2. The minimum absolute atomic E-state index is 0.0411. The van der Waals surface area contributed by atoms with Crippen LogP contribution in [0, 0.1) is 6.92 Å². The molecule has 1 aliphatic heterocycles. The number of nitrogens with one attached hydrogen (secondary N) is 1. The molecule has 1 N–H and O–H groups in total. The number of piperazine rings is 1. The molecule has 0 saturated carbocycles. The van der Waals surface area contributed by atoms with E-state index in [2.05, 4.69) is 40.2 Å². The molecule has 1 aliphatic rings. The summed E-state index contributed by atoms with van der Waals surface area (Å²) in [6.07, 6.45) is 0. The molecule has 0 aliphatic carbocycles. The van der Waals surface area contributed by atoms with Crippen LogP contribution < -0.4 is 14.8 Å². The van der Waals surface area contributed by atoms with Gasteiger partial charge >= 0.3 is 0 Å². The molecule has 3 rings (SSSR count). The molecule has 162 valence electrons. The van der Waals surface area contributed by atoms with E-state index in [0.29, 0.717) is 18.0 Å². The fourth-order valence-electron chi connectivity index (χ4n) is 3.67. The lowest BCUT2D eigenvalue weighted by Crippen LogP contribution is -2.45. The maximum Gasteiger partial charge on any atom is 0.258 e. The Kier molecular flexibility index (Phi) is 8.11. The number of aryl methyl sites for hydroxylation is 1. The number of hydrogen-bond acceptors (Lipinski definition) is 5. The largest absolute Gasteiger partial charge is 0.493 e. The highest BCUT2D eigenvalue weighted by Gasteiger charge is 2.17. The smallest absolute Gasteiger partial charge is 0.258 e. The van der Waals surface area contributed by atoms with Crippen molar-refractivity contribution < 1.29 is 14.3 Å². The Morgan fingerprint density at radius 2 is 1.70 bits per heavy atom. The van der Waals surface area contributed by atoms with Gasteiger partial charge in [-0.25, -0.2) is 0 Å². The van der Waals surface area contributed by atoms with Gasteiger partial charge in [0.1, 0.15) is 0 Å². The number of carbonyl (C=O) groups is 1. The van der Waals surface area contributed by atoms with E-state index in [9.17, 15) is 4.79 Å². The topological polar surface area (TPSA) is 54.0 Å². The summed E-state index contributed by atoms with van der Waals surface area (Å²) >= 11 is 0. The average Bonchev–Trinajstić information content (AvgIpc) is 2.78. The number of methoxy groups -OCH3 is 1. The predicted octanol–water partition coefficient (Wildman–Crippen LogP) is 2.84. The van der Waals surface area contributed by atoms with Crippen molar-refractivity contribution in [1.82, 2.24) is 15.1 Å². The number of nitrogens with zero attached hydrogens (tertiary/aromatic N) is 2. The highest BCUT2D eigenvalue weighted by atomic mass is 16.5. The minimum atomic E-state index is -0.149. The maximum absolute atomic E-state index is 12.3. The molecule has 6 nitrogen and oxygen atoms in total. The molecule has 1 amide bonds. The van der Waals surface area contributed by atoms with Gasteiger partial charge in [-0.3, -0.25) is 9.69 Å². The monoisotopic (exact) mass is 411 g/mol. The lowest BCUT2D eigenvalue weighted by molar-refractivity contribution is -0.123. The number of carbonyl (C=O) groups excluding carboxylic acids is 1. The van der Waals surface area contributed by atoms with Crippen molar-refractivity contribution in [3.05, 3.63) is 59.2 Å². The number of ether oxygens (including phenoxy) is 2. The fourth-order valence-corrected chi connectivity index (χ4v) is 3.67. The van der Waals surface area contributed by atoms with Crippen LogP contribution in [0.2, 0.25) is 0 Å². The van der Waals surface area contributed by atoms with Crippen LogP contribution >= 0.6 is 0 Å². The number of hydrogen-bond donors (Lipinski definition) is 1. The van der Waals surface area contributed by atoms with Crippen LogP contribution in [0.1, 0.15) is 23.6 Å². The second-order valence-electron chi connectivity index (χ2n) is 7.70. The summed E-state index contributed by atoms with van der Waals surface area (Å²) in [4.78, 5) is 17.3. The third-order valence-corrected chi connectivity index (χ3v) is 5.58. The molecule has 0 atom stereocenters. The molecule has 2 aromatic carbocycles. The fraction of sp³-hybridized carbons (Fsp3) is 0.458. The molecule has 30 heavy (non-hydrogen) atoms.